The molecule has 2 heterocycles. The van der Waals surface area contributed by atoms with Crippen LogP contribution in [-0.2, 0) is 36.7 Å². The first-order valence-corrected chi connectivity index (χ1v) is 18.6. The number of aliphatic hydroxyl groups is 1. The Kier molecular flexibility index (Phi) is 15.0. The fraction of sp³-hybridized carbons (Fsp3) is 0.409. The Morgan fingerprint density at radius 1 is 0.898 bits per heavy atom. The molecule has 1 N–H and O–H groups in total. The third-order valence-corrected chi connectivity index (χ3v) is 10.4. The van der Waals surface area contributed by atoms with Crippen LogP contribution in [0.15, 0.2) is 84.8 Å². The van der Waals surface area contributed by atoms with E-state index in [4.69, 9.17) is 4.98 Å². The Bertz CT molecular complexity index is 1850. The first-order valence-electron chi connectivity index (χ1n) is 17.8. The van der Waals surface area contributed by atoms with Crippen LogP contribution < -0.4 is 0 Å². The van der Waals surface area contributed by atoms with Gasteiger partial charge in [-0.25, -0.2) is 0 Å². The van der Waals surface area contributed by atoms with Crippen molar-refractivity contribution in [1.29, 1.82) is 0 Å². The number of fused-ring (bicyclic) bond motifs is 2. The topological polar surface area (TPSA) is 50.2 Å². The van der Waals surface area contributed by atoms with E-state index >= 15 is 0 Å². The van der Waals surface area contributed by atoms with Crippen molar-refractivity contribution in [3.63, 3.8) is 0 Å². The first-order chi connectivity index (χ1) is 22.9. The standard InChI is InChI=1S/C31H30NS.C13H24O2.Ir/c1-20(2)15-25-17-23-10-8-12-27(30(23)33-25)22-13-14-32-29(19-22)24-16-21-9-6-7-11-26(21)28(18-24)31(3,4)5;1-5-10(6-2)12(14)9-13(15)11(7-3)8-4;/h6-14,17-20H,15H2,1-5H3;9-11,14H,5-8H2,1-4H3;/q-1;;/b;12-9-;. The number of nitrogens with zero attached hydrogens (tertiary/aromatic N) is 1. The molecular weight excluding hydrogens is 799 g/mol. The van der Waals surface area contributed by atoms with Gasteiger partial charge in [-0.2, -0.15) is 0 Å². The number of carbonyl (C=O) groups excluding carboxylic acids is 1. The quantitative estimate of drug-likeness (QED) is 0.0818. The molecule has 0 saturated carbocycles. The Balaban J connectivity index is 0.000000347. The van der Waals surface area contributed by atoms with Crippen molar-refractivity contribution in [2.24, 2.45) is 17.8 Å². The Hall–Kier alpha value is -3.11. The predicted octanol–water partition coefficient (Wildman–Crippen LogP) is 12.9. The van der Waals surface area contributed by atoms with Crippen LogP contribution >= 0.6 is 11.3 Å². The summed E-state index contributed by atoms with van der Waals surface area (Å²) in [6, 6.07) is 27.8. The number of pyridine rings is 1. The van der Waals surface area contributed by atoms with Crippen LogP contribution in [0.2, 0.25) is 0 Å². The van der Waals surface area contributed by atoms with Gasteiger partial charge >= 0.3 is 0 Å². The minimum Gasteiger partial charge on any atom is -0.512 e. The molecule has 0 atom stereocenters. The van der Waals surface area contributed by atoms with Crippen LogP contribution in [0.4, 0.5) is 0 Å². The first kappa shape index (κ1) is 40.3. The fourth-order valence-electron chi connectivity index (χ4n) is 6.36. The van der Waals surface area contributed by atoms with Crippen molar-refractivity contribution in [2.45, 2.75) is 99.8 Å². The number of allylic oxidation sites excluding steroid dienone is 2. The molecule has 0 unspecified atom stereocenters. The number of aromatic nitrogens is 1. The Morgan fingerprint density at radius 3 is 2.20 bits per heavy atom. The van der Waals surface area contributed by atoms with Crippen LogP contribution in [-0.4, -0.2) is 15.9 Å². The van der Waals surface area contributed by atoms with Crippen molar-refractivity contribution < 1.29 is 30.0 Å². The number of hydrogen-bond acceptors (Lipinski definition) is 4. The molecule has 5 rings (SSSR count). The summed E-state index contributed by atoms with van der Waals surface area (Å²) in [5, 5.41) is 13.5. The molecule has 0 spiro atoms. The summed E-state index contributed by atoms with van der Waals surface area (Å²) in [6.45, 7) is 19.5. The van der Waals surface area contributed by atoms with Crippen molar-refractivity contribution in [3.8, 4) is 22.4 Å². The van der Waals surface area contributed by atoms with Gasteiger partial charge in [0.05, 0.1) is 5.76 Å². The molecule has 0 saturated heterocycles. The maximum Gasteiger partial charge on any atom is 0.162 e. The Morgan fingerprint density at radius 2 is 1.57 bits per heavy atom. The van der Waals surface area contributed by atoms with E-state index in [-0.39, 0.29) is 48.9 Å². The molecule has 3 nitrogen and oxygen atoms in total. The summed E-state index contributed by atoms with van der Waals surface area (Å²) in [4.78, 5) is 17.9. The average molecular weight is 853 g/mol. The number of benzene rings is 3. The molecule has 263 valence electrons. The van der Waals surface area contributed by atoms with E-state index in [1.165, 1.54) is 43.1 Å². The van der Waals surface area contributed by atoms with Crippen molar-refractivity contribution in [3.05, 3.63) is 101 Å². The van der Waals surface area contributed by atoms with Crippen LogP contribution in [0.1, 0.15) is 98.4 Å². The van der Waals surface area contributed by atoms with E-state index in [0.29, 0.717) is 5.92 Å². The molecule has 0 bridgehead atoms. The Labute approximate surface area is 312 Å². The van der Waals surface area contributed by atoms with Crippen LogP contribution in [0.5, 0.6) is 0 Å². The van der Waals surface area contributed by atoms with Gasteiger partial charge in [-0.3, -0.25) is 9.78 Å². The molecule has 3 aromatic carbocycles. The molecule has 5 aromatic rings. The average Bonchev–Trinajstić information content (AvgIpc) is 3.47. The van der Waals surface area contributed by atoms with Gasteiger partial charge in [0.25, 0.3) is 0 Å². The second-order valence-electron chi connectivity index (χ2n) is 14.4. The molecule has 2 aromatic heterocycles. The van der Waals surface area contributed by atoms with Gasteiger partial charge in [-0.15, -0.1) is 40.5 Å². The van der Waals surface area contributed by atoms with Crippen molar-refractivity contribution in [2.75, 3.05) is 0 Å². The molecule has 0 aliphatic heterocycles. The minimum atomic E-state index is 0. The molecule has 0 aliphatic rings. The summed E-state index contributed by atoms with van der Waals surface area (Å²) in [7, 11) is 0. The second-order valence-corrected chi connectivity index (χ2v) is 15.5. The fourth-order valence-corrected chi connectivity index (χ4v) is 7.77. The monoisotopic (exact) mass is 853 g/mol. The number of hydrogen-bond donors (Lipinski definition) is 1. The summed E-state index contributed by atoms with van der Waals surface area (Å²) in [5.74, 6) is 1.21. The molecule has 0 amide bonds. The normalized spacial score (nSPS) is 12.0. The SMILES string of the molecule is CC(C)Cc1cc2cccc(-c3ccnc(-c4[c-]c5ccccc5c(C(C)(C)C)c4)c3)c2s1.CCC(CC)C(=O)/C=C(\O)C(CC)CC.[Ir]. The van der Waals surface area contributed by atoms with E-state index in [1.807, 2.05) is 45.2 Å². The van der Waals surface area contributed by atoms with Crippen molar-refractivity contribution in [1.82, 2.24) is 4.98 Å². The second kappa shape index (κ2) is 18.2. The summed E-state index contributed by atoms with van der Waals surface area (Å²) in [6.07, 6.45) is 7.97. The maximum absolute atomic E-state index is 11.7. The van der Waals surface area contributed by atoms with Crippen molar-refractivity contribution >= 4 is 38.0 Å². The summed E-state index contributed by atoms with van der Waals surface area (Å²) < 4.78 is 1.36. The zero-order valence-corrected chi connectivity index (χ0v) is 34.0. The van der Waals surface area contributed by atoms with E-state index in [0.717, 1.165) is 48.7 Å². The van der Waals surface area contributed by atoms with E-state index in [1.54, 1.807) is 0 Å². The van der Waals surface area contributed by atoms with Gasteiger partial charge in [0, 0.05) is 59.5 Å². The molecular formula is C44H54IrNO2S-. The number of aliphatic hydroxyl groups excluding tert-OH is 1. The van der Waals surface area contributed by atoms with Gasteiger partial charge in [0.1, 0.15) is 0 Å². The molecule has 0 aliphatic carbocycles. The van der Waals surface area contributed by atoms with Gasteiger partial charge in [0.15, 0.2) is 5.78 Å². The molecule has 0 fully saturated rings. The third-order valence-electron chi connectivity index (χ3n) is 9.22. The predicted molar refractivity (Wildman–Crippen MR) is 208 cm³/mol. The largest absolute Gasteiger partial charge is 0.512 e. The molecule has 1 radical (unpaired) electrons. The maximum atomic E-state index is 11.7. The summed E-state index contributed by atoms with van der Waals surface area (Å²) in [5.41, 5.74) is 5.89. The minimum absolute atomic E-state index is 0. The van der Waals surface area contributed by atoms with Gasteiger partial charge in [-0.1, -0.05) is 116 Å². The molecule has 5 heteroatoms. The van der Waals surface area contributed by atoms with Crippen LogP contribution in [0.25, 0.3) is 43.2 Å². The van der Waals surface area contributed by atoms with E-state index in [9.17, 15) is 9.90 Å². The van der Waals surface area contributed by atoms with Gasteiger partial charge < -0.3 is 5.11 Å². The van der Waals surface area contributed by atoms with E-state index < -0.39 is 0 Å². The zero-order chi connectivity index (χ0) is 35.0. The van der Waals surface area contributed by atoms with E-state index in [2.05, 4.69) is 107 Å². The summed E-state index contributed by atoms with van der Waals surface area (Å²) >= 11 is 1.93. The number of carbonyl (C=O) groups is 1. The number of thiophene rings is 1. The van der Waals surface area contributed by atoms with Crippen LogP contribution in [0, 0.1) is 23.8 Å². The zero-order valence-electron chi connectivity index (χ0n) is 30.8. The van der Waals surface area contributed by atoms with Gasteiger partial charge in [0.2, 0.25) is 0 Å². The third kappa shape index (κ3) is 10.2. The molecule has 49 heavy (non-hydrogen) atoms. The number of ketones is 1. The van der Waals surface area contributed by atoms with Gasteiger partial charge in [-0.05, 0) is 72.1 Å². The number of rotatable bonds is 11. The van der Waals surface area contributed by atoms with Crippen LogP contribution in [0.3, 0.4) is 0 Å². The smallest absolute Gasteiger partial charge is 0.162 e.